The summed E-state index contributed by atoms with van der Waals surface area (Å²) in [6.45, 7) is 8.53. The average molecular weight is 197 g/mol. The van der Waals surface area contributed by atoms with Gasteiger partial charge in [-0.3, -0.25) is 0 Å². The molecule has 0 aromatic carbocycles. The largest absolute Gasteiger partial charge is 0.407 e. The molecule has 4 heteroatoms. The highest BCUT2D eigenvalue weighted by atomic mass is 19.1. The lowest BCUT2D eigenvalue weighted by atomic mass is 10.0. The number of carbonyl (C=O) groups is 1. The molecule has 3 nitrogen and oxygen atoms in total. The molecule has 0 radical (unpaired) electrons. The third kappa shape index (κ3) is 2.09. The molecule has 1 N–H and O–H groups in total. The molecule has 0 aliphatic carbocycles. The van der Waals surface area contributed by atoms with Crippen molar-refractivity contribution < 1.29 is 14.0 Å². The SMILES string of the molecule is C=C(C)C1=C(C(=C)F)CC(C=O)NO1. The Hall–Kier alpha value is -1.42. The fourth-order valence-electron chi connectivity index (χ4n) is 1.21. The first-order chi connectivity index (χ1) is 6.56. The molecule has 0 amide bonds. The summed E-state index contributed by atoms with van der Waals surface area (Å²) < 4.78 is 13.0. The summed E-state index contributed by atoms with van der Waals surface area (Å²) in [5, 5.41) is 0. The molecule has 0 spiro atoms. The molecule has 14 heavy (non-hydrogen) atoms. The van der Waals surface area contributed by atoms with E-state index in [1.54, 1.807) is 6.92 Å². The van der Waals surface area contributed by atoms with Crippen molar-refractivity contribution >= 4 is 6.29 Å². The van der Waals surface area contributed by atoms with Gasteiger partial charge in [0.25, 0.3) is 0 Å². The summed E-state index contributed by atoms with van der Waals surface area (Å²) in [7, 11) is 0. The molecule has 0 aromatic heterocycles. The molecule has 1 aliphatic heterocycles. The maximum atomic E-state index is 13.0. The molecule has 1 aliphatic rings. The summed E-state index contributed by atoms with van der Waals surface area (Å²) >= 11 is 0. The van der Waals surface area contributed by atoms with Crippen molar-refractivity contribution in [2.45, 2.75) is 19.4 Å². The highest BCUT2D eigenvalue weighted by Gasteiger charge is 2.24. The molecule has 0 saturated carbocycles. The van der Waals surface area contributed by atoms with E-state index in [0.29, 0.717) is 23.2 Å². The molecule has 1 rings (SSSR count). The lowest BCUT2D eigenvalue weighted by Crippen LogP contribution is -2.35. The predicted octanol–water partition coefficient (Wildman–Crippen LogP) is 1.79. The molecule has 0 fully saturated rings. The van der Waals surface area contributed by atoms with E-state index in [2.05, 4.69) is 18.6 Å². The van der Waals surface area contributed by atoms with Gasteiger partial charge >= 0.3 is 0 Å². The van der Waals surface area contributed by atoms with Gasteiger partial charge in [0, 0.05) is 12.0 Å². The second-order valence-corrected chi connectivity index (χ2v) is 3.16. The minimum Gasteiger partial charge on any atom is -0.407 e. The van der Waals surface area contributed by atoms with Crippen LogP contribution >= 0.6 is 0 Å². The third-order valence-corrected chi connectivity index (χ3v) is 1.89. The van der Waals surface area contributed by atoms with E-state index in [9.17, 15) is 9.18 Å². The Labute approximate surface area is 81.9 Å². The van der Waals surface area contributed by atoms with Crippen LogP contribution in [0.15, 0.2) is 35.9 Å². The molecule has 1 heterocycles. The number of carbonyl (C=O) groups excluding carboxylic acids is 1. The standard InChI is InChI=1S/C10H12FNO2/c1-6(2)10-9(7(3)11)4-8(5-13)12-14-10/h5,8,12H,1,3-4H2,2H3. The van der Waals surface area contributed by atoms with Crippen LogP contribution in [-0.2, 0) is 9.63 Å². The molecule has 0 saturated heterocycles. The predicted molar refractivity (Wildman–Crippen MR) is 50.8 cm³/mol. The normalized spacial score (nSPS) is 21.4. The molecule has 1 atom stereocenters. The van der Waals surface area contributed by atoms with E-state index in [1.165, 1.54) is 0 Å². The van der Waals surface area contributed by atoms with Crippen LogP contribution in [0.5, 0.6) is 0 Å². The van der Waals surface area contributed by atoms with Crippen LogP contribution in [0.2, 0.25) is 0 Å². The van der Waals surface area contributed by atoms with E-state index in [-0.39, 0.29) is 6.42 Å². The van der Waals surface area contributed by atoms with Gasteiger partial charge in [0.15, 0.2) is 5.76 Å². The number of halogens is 1. The zero-order valence-corrected chi connectivity index (χ0v) is 7.97. The smallest absolute Gasteiger partial charge is 0.155 e. The zero-order valence-electron chi connectivity index (χ0n) is 7.97. The van der Waals surface area contributed by atoms with Crippen LogP contribution in [0.1, 0.15) is 13.3 Å². The van der Waals surface area contributed by atoms with Gasteiger partial charge in [-0.05, 0) is 12.5 Å². The van der Waals surface area contributed by atoms with Gasteiger partial charge in [0.2, 0.25) is 0 Å². The average Bonchev–Trinajstić information content (AvgIpc) is 2.16. The summed E-state index contributed by atoms with van der Waals surface area (Å²) in [6, 6.07) is -0.527. The Kier molecular flexibility index (Phi) is 3.19. The molecule has 1 unspecified atom stereocenters. The van der Waals surface area contributed by atoms with Gasteiger partial charge < -0.3 is 9.63 Å². The van der Waals surface area contributed by atoms with Crippen molar-refractivity contribution in [1.29, 1.82) is 0 Å². The summed E-state index contributed by atoms with van der Waals surface area (Å²) in [4.78, 5) is 15.5. The van der Waals surface area contributed by atoms with Crippen LogP contribution < -0.4 is 5.48 Å². The van der Waals surface area contributed by atoms with Crippen LogP contribution in [0, 0.1) is 0 Å². The number of aldehydes is 1. The zero-order chi connectivity index (χ0) is 10.7. The van der Waals surface area contributed by atoms with E-state index < -0.39 is 11.9 Å². The van der Waals surface area contributed by atoms with Crippen LogP contribution in [0.4, 0.5) is 4.39 Å². The highest BCUT2D eigenvalue weighted by molar-refractivity contribution is 5.59. The Bertz CT molecular complexity index is 320. The number of hydroxylamine groups is 1. The van der Waals surface area contributed by atoms with Gasteiger partial charge in [-0.25, -0.2) is 4.39 Å². The first-order valence-corrected chi connectivity index (χ1v) is 4.17. The maximum absolute atomic E-state index is 13.0. The lowest BCUT2D eigenvalue weighted by Gasteiger charge is -2.24. The van der Waals surface area contributed by atoms with E-state index in [0.717, 1.165) is 0 Å². The van der Waals surface area contributed by atoms with Crippen molar-refractivity contribution in [2.24, 2.45) is 0 Å². The van der Waals surface area contributed by atoms with Crippen molar-refractivity contribution in [3.8, 4) is 0 Å². The van der Waals surface area contributed by atoms with Crippen LogP contribution in [-0.4, -0.2) is 12.3 Å². The minimum atomic E-state index is -0.587. The Morgan fingerprint density at radius 1 is 1.71 bits per heavy atom. The number of allylic oxidation sites excluding steroid dienone is 2. The molecular formula is C10H12FNO2. The second-order valence-electron chi connectivity index (χ2n) is 3.16. The quantitative estimate of drug-likeness (QED) is 0.701. The maximum Gasteiger partial charge on any atom is 0.155 e. The number of hydrogen-bond acceptors (Lipinski definition) is 3. The van der Waals surface area contributed by atoms with Gasteiger partial charge in [-0.15, -0.1) is 5.48 Å². The number of hydrogen-bond donors (Lipinski definition) is 1. The minimum absolute atomic E-state index is 0.237. The van der Waals surface area contributed by atoms with Crippen molar-refractivity contribution in [2.75, 3.05) is 0 Å². The molecular weight excluding hydrogens is 185 g/mol. The summed E-state index contributed by atoms with van der Waals surface area (Å²) in [5.41, 5.74) is 3.38. The van der Waals surface area contributed by atoms with Gasteiger partial charge in [-0.1, -0.05) is 13.2 Å². The number of rotatable bonds is 3. The fraction of sp³-hybridized carbons (Fsp3) is 0.300. The van der Waals surface area contributed by atoms with E-state index >= 15 is 0 Å². The van der Waals surface area contributed by atoms with Gasteiger partial charge in [0.1, 0.15) is 18.2 Å². The molecule has 0 aromatic rings. The Balaban J connectivity index is 3.01. The van der Waals surface area contributed by atoms with Gasteiger partial charge in [0.05, 0.1) is 0 Å². The fourth-order valence-corrected chi connectivity index (χ4v) is 1.21. The summed E-state index contributed by atoms with van der Waals surface area (Å²) in [5.74, 6) is -0.257. The Morgan fingerprint density at radius 3 is 2.79 bits per heavy atom. The Morgan fingerprint density at radius 2 is 2.36 bits per heavy atom. The molecule has 0 bridgehead atoms. The van der Waals surface area contributed by atoms with E-state index in [1.807, 2.05) is 0 Å². The summed E-state index contributed by atoms with van der Waals surface area (Å²) in [6.07, 6.45) is 0.902. The van der Waals surface area contributed by atoms with Gasteiger partial charge in [-0.2, -0.15) is 0 Å². The van der Waals surface area contributed by atoms with Crippen LogP contribution in [0.25, 0.3) is 0 Å². The monoisotopic (exact) mass is 197 g/mol. The number of nitrogens with one attached hydrogen (secondary N) is 1. The van der Waals surface area contributed by atoms with Crippen molar-refractivity contribution in [3.63, 3.8) is 0 Å². The van der Waals surface area contributed by atoms with Crippen molar-refractivity contribution in [1.82, 2.24) is 5.48 Å². The topological polar surface area (TPSA) is 38.3 Å². The van der Waals surface area contributed by atoms with Crippen molar-refractivity contribution in [3.05, 3.63) is 35.9 Å². The molecule has 76 valence electrons. The van der Waals surface area contributed by atoms with E-state index in [4.69, 9.17) is 4.84 Å². The first kappa shape index (κ1) is 10.7. The highest BCUT2D eigenvalue weighted by Crippen LogP contribution is 2.27. The van der Waals surface area contributed by atoms with Crippen LogP contribution in [0.3, 0.4) is 0 Å². The second kappa shape index (κ2) is 4.19. The third-order valence-electron chi connectivity index (χ3n) is 1.89. The lowest BCUT2D eigenvalue weighted by molar-refractivity contribution is -0.112. The first-order valence-electron chi connectivity index (χ1n) is 4.17.